The first-order valence-corrected chi connectivity index (χ1v) is 5.94. The van der Waals surface area contributed by atoms with Crippen LogP contribution in [-0.4, -0.2) is 17.7 Å². The molecule has 3 aromatic carbocycles. The summed E-state index contributed by atoms with van der Waals surface area (Å²) < 4.78 is 0. The second-order valence-electron chi connectivity index (χ2n) is 4.09. The molecule has 0 amide bonds. The van der Waals surface area contributed by atoms with E-state index in [0.29, 0.717) is 0 Å². The van der Waals surface area contributed by atoms with Gasteiger partial charge in [-0.05, 0) is 39.2 Å². The molecule has 3 rings (SSSR count). The zero-order valence-corrected chi connectivity index (χ0v) is 10.5. The van der Waals surface area contributed by atoms with E-state index in [-0.39, 0.29) is 7.69 Å². The maximum atomic E-state index is 7.00. The number of rotatable bonds is 1. The van der Waals surface area contributed by atoms with Crippen LogP contribution in [0.4, 0.5) is 0 Å². The monoisotopic (exact) mass is 249 g/mol. The molecule has 0 atom stereocenters. The van der Waals surface area contributed by atoms with E-state index in [1.54, 1.807) is 0 Å². The van der Waals surface area contributed by atoms with Gasteiger partial charge in [0.05, 0.1) is 0 Å². The van der Waals surface area contributed by atoms with Gasteiger partial charge in [0.25, 0.3) is 0 Å². The van der Waals surface area contributed by atoms with E-state index < -0.39 is 0 Å². The fourth-order valence-corrected chi connectivity index (χ4v) is 2.17. The van der Waals surface area contributed by atoms with Crippen molar-refractivity contribution in [3.05, 3.63) is 66.7 Å². The molecular weight excluding hydrogens is 235 g/mol. The zero-order valence-electron chi connectivity index (χ0n) is 10.5. The molecule has 2 nitrogen and oxygen atoms in total. The first kappa shape index (κ1) is 13.3. The van der Waals surface area contributed by atoms with Crippen molar-refractivity contribution >= 4 is 35.3 Å². The standard InChI is InChI=1S/C16H12.BH2O2/c1-2-12-8-5-9-15-10-13-6-3-4-7-14(13)11-16(12)15;2-1-3/h2-11H,1H2;2-3H. The van der Waals surface area contributed by atoms with Crippen molar-refractivity contribution in [1.82, 2.24) is 0 Å². The molecule has 0 aliphatic carbocycles. The van der Waals surface area contributed by atoms with Crippen molar-refractivity contribution in [2.24, 2.45) is 0 Å². The van der Waals surface area contributed by atoms with Crippen molar-refractivity contribution < 1.29 is 10.0 Å². The van der Waals surface area contributed by atoms with Gasteiger partial charge in [-0.1, -0.05) is 55.1 Å². The summed E-state index contributed by atoms with van der Waals surface area (Å²) in [7, 11) is 0. The summed E-state index contributed by atoms with van der Waals surface area (Å²) in [4.78, 5) is 0. The van der Waals surface area contributed by atoms with Gasteiger partial charge in [0.2, 0.25) is 0 Å². The Bertz CT molecular complexity index is 707. The van der Waals surface area contributed by atoms with Crippen LogP contribution in [0.15, 0.2) is 61.2 Å². The predicted octanol–water partition coefficient (Wildman–Crippen LogP) is 3.14. The lowest BCUT2D eigenvalue weighted by Gasteiger charge is -2.04. The lowest BCUT2D eigenvalue weighted by atomic mass is 10.00. The van der Waals surface area contributed by atoms with E-state index in [1.165, 1.54) is 27.1 Å². The number of benzene rings is 3. The third kappa shape index (κ3) is 2.84. The molecule has 2 N–H and O–H groups in total. The zero-order chi connectivity index (χ0) is 13.7. The Balaban J connectivity index is 0.000000408. The van der Waals surface area contributed by atoms with Gasteiger partial charge >= 0.3 is 7.69 Å². The molecule has 3 aromatic rings. The van der Waals surface area contributed by atoms with Gasteiger partial charge in [0.15, 0.2) is 0 Å². The summed E-state index contributed by atoms with van der Waals surface area (Å²) in [5.41, 5.74) is 1.20. The maximum absolute atomic E-state index is 7.00. The first-order valence-electron chi connectivity index (χ1n) is 5.94. The summed E-state index contributed by atoms with van der Waals surface area (Å²) in [6.07, 6.45) is 1.91. The minimum absolute atomic E-state index is 0. The molecule has 0 saturated carbocycles. The Morgan fingerprint density at radius 1 is 0.842 bits per heavy atom. The van der Waals surface area contributed by atoms with E-state index in [2.05, 4.69) is 61.2 Å². The van der Waals surface area contributed by atoms with Crippen molar-refractivity contribution in [1.29, 1.82) is 0 Å². The summed E-state index contributed by atoms with van der Waals surface area (Å²) >= 11 is 0. The van der Waals surface area contributed by atoms with E-state index in [9.17, 15) is 0 Å². The highest BCUT2D eigenvalue weighted by Gasteiger charge is 1.99. The third-order valence-corrected chi connectivity index (χ3v) is 3.00. The molecule has 0 spiro atoms. The van der Waals surface area contributed by atoms with Gasteiger partial charge < -0.3 is 10.0 Å². The minimum atomic E-state index is 0. The van der Waals surface area contributed by atoms with Crippen LogP contribution in [0, 0.1) is 0 Å². The topological polar surface area (TPSA) is 40.5 Å². The molecule has 3 heteroatoms. The fraction of sp³-hybridized carbons (Fsp3) is 0. The van der Waals surface area contributed by atoms with Crippen molar-refractivity contribution in [3.8, 4) is 0 Å². The third-order valence-electron chi connectivity index (χ3n) is 3.00. The molecule has 0 saturated heterocycles. The van der Waals surface area contributed by atoms with Crippen LogP contribution in [0.1, 0.15) is 5.56 Å². The molecule has 0 aliphatic heterocycles. The van der Waals surface area contributed by atoms with Crippen LogP contribution in [0.5, 0.6) is 0 Å². The number of fused-ring (bicyclic) bond motifs is 2. The van der Waals surface area contributed by atoms with Crippen LogP contribution in [-0.2, 0) is 0 Å². The summed E-state index contributed by atoms with van der Waals surface area (Å²) in [6, 6.07) is 19.2. The van der Waals surface area contributed by atoms with Gasteiger partial charge in [-0.25, -0.2) is 0 Å². The summed E-state index contributed by atoms with van der Waals surface area (Å²) in [5.74, 6) is 0. The normalized spacial score (nSPS) is 9.79. The molecule has 0 unspecified atom stereocenters. The Morgan fingerprint density at radius 3 is 2.05 bits per heavy atom. The summed E-state index contributed by atoms with van der Waals surface area (Å²) in [6.45, 7) is 3.86. The van der Waals surface area contributed by atoms with Crippen LogP contribution in [0.25, 0.3) is 27.6 Å². The smallest absolute Gasteiger partial charge is 0.429 e. The average molecular weight is 249 g/mol. The molecule has 0 heterocycles. The van der Waals surface area contributed by atoms with Crippen LogP contribution < -0.4 is 0 Å². The molecular formula is C16H14BO2. The number of hydrogen-bond acceptors (Lipinski definition) is 2. The average Bonchev–Trinajstić information content (AvgIpc) is 2.45. The molecule has 0 fully saturated rings. The lowest BCUT2D eigenvalue weighted by molar-refractivity contribution is 0.448. The van der Waals surface area contributed by atoms with E-state index in [1.807, 2.05) is 6.08 Å². The molecule has 0 bridgehead atoms. The second-order valence-corrected chi connectivity index (χ2v) is 4.09. The van der Waals surface area contributed by atoms with Crippen LogP contribution in [0.2, 0.25) is 0 Å². The molecule has 0 aliphatic rings. The Kier molecular flexibility index (Phi) is 4.34. The second kappa shape index (κ2) is 6.18. The SMILES string of the molecule is C=Cc1cccc2cc3ccccc3cc12.O[B]O. The molecule has 19 heavy (non-hydrogen) atoms. The maximum Gasteiger partial charge on any atom is 0.482 e. The molecule has 1 radical (unpaired) electrons. The van der Waals surface area contributed by atoms with E-state index in [0.717, 1.165) is 0 Å². The summed E-state index contributed by atoms with van der Waals surface area (Å²) in [5, 5.41) is 19.1. The Hall–Kier alpha value is -2.10. The van der Waals surface area contributed by atoms with Crippen molar-refractivity contribution in [2.75, 3.05) is 0 Å². The van der Waals surface area contributed by atoms with Gasteiger partial charge in [-0.15, -0.1) is 0 Å². The quantitative estimate of drug-likeness (QED) is 0.513. The van der Waals surface area contributed by atoms with Crippen molar-refractivity contribution in [2.45, 2.75) is 0 Å². The highest BCUT2D eigenvalue weighted by Crippen LogP contribution is 2.25. The fourth-order valence-electron chi connectivity index (χ4n) is 2.17. The van der Waals surface area contributed by atoms with E-state index >= 15 is 0 Å². The molecule has 0 aromatic heterocycles. The first-order chi connectivity index (χ1) is 9.30. The predicted molar refractivity (Wildman–Crippen MR) is 81.7 cm³/mol. The highest BCUT2D eigenvalue weighted by atomic mass is 16.4. The minimum Gasteiger partial charge on any atom is -0.429 e. The Labute approximate surface area is 112 Å². The van der Waals surface area contributed by atoms with Gasteiger partial charge in [-0.2, -0.15) is 0 Å². The van der Waals surface area contributed by atoms with Gasteiger partial charge in [0, 0.05) is 0 Å². The Morgan fingerprint density at radius 2 is 1.42 bits per heavy atom. The van der Waals surface area contributed by atoms with Crippen LogP contribution >= 0.6 is 0 Å². The van der Waals surface area contributed by atoms with Crippen molar-refractivity contribution in [3.63, 3.8) is 0 Å². The number of hydrogen-bond donors (Lipinski definition) is 2. The van der Waals surface area contributed by atoms with E-state index in [4.69, 9.17) is 10.0 Å². The highest BCUT2D eigenvalue weighted by molar-refractivity contribution is 6.13. The molecule has 93 valence electrons. The van der Waals surface area contributed by atoms with Gasteiger partial charge in [-0.3, -0.25) is 0 Å². The lowest BCUT2D eigenvalue weighted by Crippen LogP contribution is -1.79. The largest absolute Gasteiger partial charge is 0.482 e. The van der Waals surface area contributed by atoms with Crippen LogP contribution in [0.3, 0.4) is 0 Å². The van der Waals surface area contributed by atoms with Gasteiger partial charge in [0.1, 0.15) is 0 Å².